The monoisotopic (exact) mass is 411 g/mol. The molecule has 0 aliphatic heterocycles. The zero-order valence-electron chi connectivity index (χ0n) is 17.1. The van der Waals surface area contributed by atoms with Crippen LogP contribution >= 0.6 is 0 Å². The van der Waals surface area contributed by atoms with Gasteiger partial charge in [0.15, 0.2) is 18.1 Å². The van der Waals surface area contributed by atoms with Crippen LogP contribution in [-0.4, -0.2) is 54.3 Å². The Labute approximate surface area is 174 Å². The van der Waals surface area contributed by atoms with E-state index < -0.39 is 0 Å². The van der Waals surface area contributed by atoms with Gasteiger partial charge in [-0.25, -0.2) is 4.98 Å². The Balaban J connectivity index is 1.74. The third kappa shape index (κ3) is 5.36. The van der Waals surface area contributed by atoms with Gasteiger partial charge in [0.05, 0.1) is 30.7 Å². The molecule has 0 bridgehead atoms. The van der Waals surface area contributed by atoms with Crippen molar-refractivity contribution in [2.24, 2.45) is 0 Å². The maximum Gasteiger partial charge on any atom is 0.260 e. The van der Waals surface area contributed by atoms with Gasteiger partial charge in [0.1, 0.15) is 5.82 Å². The fourth-order valence-electron chi connectivity index (χ4n) is 2.96. The highest BCUT2D eigenvalue weighted by molar-refractivity contribution is 5.78. The number of hydrogen-bond donors (Lipinski definition) is 1. The molecule has 0 aliphatic rings. The molecule has 1 N–H and O–H groups in total. The molecule has 30 heavy (non-hydrogen) atoms. The zero-order chi connectivity index (χ0) is 21.3. The molecule has 1 aromatic heterocycles. The molecule has 0 saturated carbocycles. The molecule has 8 heteroatoms. The number of rotatable bonds is 10. The molecule has 0 fully saturated rings. The molecule has 0 aliphatic carbocycles. The lowest BCUT2D eigenvalue weighted by Crippen LogP contribution is -2.37. The number of ether oxygens (including phenoxy) is 3. The fraction of sp³-hybridized carbons (Fsp3) is 0.318. The van der Waals surface area contributed by atoms with Crippen LogP contribution < -0.4 is 15.0 Å². The number of aromatic amines is 1. The van der Waals surface area contributed by atoms with E-state index in [2.05, 4.69) is 9.97 Å². The lowest BCUT2D eigenvalue weighted by molar-refractivity contribution is -0.134. The molecule has 158 valence electrons. The van der Waals surface area contributed by atoms with Crippen molar-refractivity contribution in [1.82, 2.24) is 14.9 Å². The highest BCUT2D eigenvalue weighted by atomic mass is 16.5. The summed E-state index contributed by atoms with van der Waals surface area (Å²) >= 11 is 0. The molecule has 0 spiro atoms. The third-order valence-corrected chi connectivity index (χ3v) is 4.42. The number of fused-ring (bicyclic) bond motifs is 1. The average molecular weight is 411 g/mol. The second kappa shape index (κ2) is 10.4. The quantitative estimate of drug-likeness (QED) is 0.551. The zero-order valence-corrected chi connectivity index (χ0v) is 17.1. The summed E-state index contributed by atoms with van der Waals surface area (Å²) in [6.07, 6.45) is 0. The van der Waals surface area contributed by atoms with Crippen molar-refractivity contribution in [3.63, 3.8) is 0 Å². The van der Waals surface area contributed by atoms with Gasteiger partial charge in [0.2, 0.25) is 0 Å². The van der Waals surface area contributed by atoms with Crippen LogP contribution in [0.2, 0.25) is 0 Å². The Morgan fingerprint density at radius 3 is 2.50 bits per heavy atom. The number of benzene rings is 2. The van der Waals surface area contributed by atoms with E-state index in [0.717, 1.165) is 0 Å². The number of para-hydroxylation sites is 3. The van der Waals surface area contributed by atoms with Gasteiger partial charge in [-0.2, -0.15) is 0 Å². The molecular formula is C22H25N3O5. The molecule has 8 nitrogen and oxygen atoms in total. The first kappa shape index (κ1) is 21.3. The minimum atomic E-state index is -0.255. The number of methoxy groups -OCH3 is 1. The van der Waals surface area contributed by atoms with E-state index in [0.29, 0.717) is 48.0 Å². The molecular weight excluding hydrogens is 386 g/mol. The number of nitrogens with one attached hydrogen (secondary N) is 1. The molecule has 0 saturated heterocycles. The van der Waals surface area contributed by atoms with Crippen LogP contribution in [0.25, 0.3) is 10.9 Å². The number of carbonyl (C=O) groups excluding carboxylic acids is 1. The van der Waals surface area contributed by atoms with E-state index in [-0.39, 0.29) is 24.6 Å². The SMILES string of the molecule is CCOc1ccccc1OCC(=O)N(CCOC)Cc1nc2ccccc2c(=O)[nH]1. The van der Waals surface area contributed by atoms with E-state index >= 15 is 0 Å². The predicted molar refractivity (Wildman–Crippen MR) is 113 cm³/mol. The van der Waals surface area contributed by atoms with Crippen LogP contribution in [-0.2, 0) is 16.1 Å². The van der Waals surface area contributed by atoms with Crippen LogP contribution in [0.15, 0.2) is 53.3 Å². The highest BCUT2D eigenvalue weighted by Crippen LogP contribution is 2.26. The highest BCUT2D eigenvalue weighted by Gasteiger charge is 2.17. The minimum Gasteiger partial charge on any atom is -0.490 e. The smallest absolute Gasteiger partial charge is 0.260 e. The van der Waals surface area contributed by atoms with E-state index in [1.807, 2.05) is 25.1 Å². The van der Waals surface area contributed by atoms with Crippen molar-refractivity contribution in [3.05, 3.63) is 64.7 Å². The Morgan fingerprint density at radius 1 is 1.07 bits per heavy atom. The second-order valence-electron chi connectivity index (χ2n) is 6.51. The maximum atomic E-state index is 12.8. The number of amides is 1. The molecule has 0 radical (unpaired) electrons. The minimum absolute atomic E-state index is 0.138. The van der Waals surface area contributed by atoms with E-state index in [9.17, 15) is 9.59 Å². The van der Waals surface area contributed by atoms with Crippen molar-refractivity contribution in [3.8, 4) is 11.5 Å². The van der Waals surface area contributed by atoms with Crippen molar-refractivity contribution >= 4 is 16.8 Å². The lowest BCUT2D eigenvalue weighted by atomic mass is 10.2. The number of nitrogens with zero attached hydrogens (tertiary/aromatic N) is 2. The fourth-order valence-corrected chi connectivity index (χ4v) is 2.96. The normalized spacial score (nSPS) is 10.7. The van der Waals surface area contributed by atoms with Crippen molar-refractivity contribution < 1.29 is 19.0 Å². The lowest BCUT2D eigenvalue weighted by Gasteiger charge is -2.22. The topological polar surface area (TPSA) is 93.8 Å². The first-order valence-corrected chi connectivity index (χ1v) is 9.71. The number of hydrogen-bond acceptors (Lipinski definition) is 6. The molecule has 0 atom stereocenters. The van der Waals surface area contributed by atoms with E-state index in [1.165, 1.54) is 0 Å². The van der Waals surface area contributed by atoms with Crippen molar-refractivity contribution in [2.45, 2.75) is 13.5 Å². The number of H-pyrrole nitrogens is 1. The van der Waals surface area contributed by atoms with Gasteiger partial charge in [0, 0.05) is 13.7 Å². The van der Waals surface area contributed by atoms with Gasteiger partial charge < -0.3 is 24.1 Å². The van der Waals surface area contributed by atoms with Crippen LogP contribution in [0.3, 0.4) is 0 Å². The maximum absolute atomic E-state index is 12.8. The Morgan fingerprint density at radius 2 is 1.77 bits per heavy atom. The van der Waals surface area contributed by atoms with Crippen molar-refractivity contribution in [1.29, 1.82) is 0 Å². The summed E-state index contributed by atoms with van der Waals surface area (Å²) in [7, 11) is 1.56. The van der Waals surface area contributed by atoms with Crippen LogP contribution in [0, 0.1) is 0 Å². The summed E-state index contributed by atoms with van der Waals surface area (Å²) in [5.74, 6) is 1.22. The summed E-state index contributed by atoms with van der Waals surface area (Å²) in [4.78, 5) is 33.9. The second-order valence-corrected chi connectivity index (χ2v) is 6.51. The summed E-state index contributed by atoms with van der Waals surface area (Å²) in [6.45, 7) is 3.02. The van der Waals surface area contributed by atoms with Crippen LogP contribution in [0.5, 0.6) is 11.5 Å². The van der Waals surface area contributed by atoms with E-state index in [4.69, 9.17) is 14.2 Å². The molecule has 1 amide bonds. The van der Waals surface area contributed by atoms with Gasteiger partial charge in [-0.3, -0.25) is 9.59 Å². The largest absolute Gasteiger partial charge is 0.490 e. The summed E-state index contributed by atoms with van der Waals surface area (Å²) in [6, 6.07) is 14.3. The first-order chi connectivity index (χ1) is 14.6. The van der Waals surface area contributed by atoms with Gasteiger partial charge in [-0.05, 0) is 31.2 Å². The molecule has 3 aromatic rings. The predicted octanol–water partition coefficient (Wildman–Crippen LogP) is 2.38. The van der Waals surface area contributed by atoms with E-state index in [1.54, 1.807) is 42.3 Å². The Bertz CT molecular complexity index is 1050. The molecule has 3 rings (SSSR count). The summed E-state index contributed by atoms with van der Waals surface area (Å²) < 4.78 is 16.3. The Hall–Kier alpha value is -3.39. The van der Waals surface area contributed by atoms with Crippen molar-refractivity contribution in [2.75, 3.05) is 33.5 Å². The standard InChI is InChI=1S/C22H25N3O5/c1-3-29-18-10-6-7-11-19(18)30-15-21(26)25(12-13-28-2)14-20-23-17-9-5-4-8-16(17)22(27)24-20/h4-11H,3,12-15H2,1-2H3,(H,23,24,27). The average Bonchev–Trinajstić information content (AvgIpc) is 2.76. The molecule has 0 unspecified atom stereocenters. The third-order valence-electron chi connectivity index (χ3n) is 4.42. The van der Waals surface area contributed by atoms with Gasteiger partial charge in [0.25, 0.3) is 11.5 Å². The van der Waals surface area contributed by atoms with Crippen LogP contribution in [0.1, 0.15) is 12.7 Å². The van der Waals surface area contributed by atoms with Gasteiger partial charge in [-0.1, -0.05) is 24.3 Å². The molecule has 2 aromatic carbocycles. The number of carbonyl (C=O) groups is 1. The van der Waals surface area contributed by atoms with Gasteiger partial charge in [-0.15, -0.1) is 0 Å². The molecule has 1 heterocycles. The van der Waals surface area contributed by atoms with Crippen LogP contribution in [0.4, 0.5) is 0 Å². The first-order valence-electron chi connectivity index (χ1n) is 9.71. The number of aromatic nitrogens is 2. The van der Waals surface area contributed by atoms with Gasteiger partial charge >= 0.3 is 0 Å². The Kier molecular flexibility index (Phi) is 7.40. The summed E-state index contributed by atoms with van der Waals surface area (Å²) in [5.41, 5.74) is 0.342. The summed E-state index contributed by atoms with van der Waals surface area (Å²) in [5, 5.41) is 0.506.